The molecule has 1 amide bonds. The highest BCUT2D eigenvalue weighted by Gasteiger charge is 2.20. The number of hydrogen-bond donors (Lipinski definition) is 0. The highest BCUT2D eigenvalue weighted by atomic mass is 32.2. The lowest BCUT2D eigenvalue weighted by molar-refractivity contribution is 0.0752. The van der Waals surface area contributed by atoms with E-state index in [4.69, 9.17) is 19.1 Å². The number of nitrogens with zero attached hydrogens (tertiary/aromatic N) is 5. The molecule has 3 heterocycles. The molecule has 218 valence electrons. The molecule has 0 radical (unpaired) electrons. The van der Waals surface area contributed by atoms with Crippen LogP contribution in [0.15, 0.2) is 94.5 Å². The number of thioether (sulfide) groups is 1. The number of ether oxygens (including phenoxy) is 1. The third-order valence-corrected chi connectivity index (χ3v) is 7.90. The maximum absolute atomic E-state index is 12.9. The number of piperazine rings is 1. The minimum absolute atomic E-state index is 0.148. The Kier molecular flexibility index (Phi) is 10.4. The maximum Gasteiger partial charge on any atom is 0.289 e. The van der Waals surface area contributed by atoms with Crippen molar-refractivity contribution in [3.63, 3.8) is 0 Å². The molecule has 9 heteroatoms. The fraction of sp³-hybridized carbons (Fsp3) is 0.303. The Balaban J connectivity index is 1.16. The van der Waals surface area contributed by atoms with Crippen molar-refractivity contribution in [2.75, 3.05) is 51.8 Å². The van der Waals surface area contributed by atoms with Crippen molar-refractivity contribution in [2.24, 2.45) is 0 Å². The van der Waals surface area contributed by atoms with Gasteiger partial charge in [0, 0.05) is 59.5 Å². The van der Waals surface area contributed by atoms with Crippen molar-refractivity contribution in [2.45, 2.75) is 24.1 Å². The number of carbonyl (C=O) groups excluding carboxylic acids is 1. The van der Waals surface area contributed by atoms with Gasteiger partial charge in [-0.05, 0) is 23.3 Å². The Hall–Kier alpha value is -3.92. The first kappa shape index (κ1) is 29.6. The Bertz CT molecular complexity index is 1450. The lowest BCUT2D eigenvalue weighted by Crippen LogP contribution is -2.46. The van der Waals surface area contributed by atoms with Crippen LogP contribution in [0.1, 0.15) is 33.1 Å². The molecule has 4 aromatic rings. The quantitative estimate of drug-likeness (QED) is 0.157. The first-order chi connectivity index (χ1) is 20.6. The summed E-state index contributed by atoms with van der Waals surface area (Å²) in [6.07, 6.45) is 4.41. The molecule has 5 rings (SSSR count). The lowest BCUT2D eigenvalue weighted by Gasteiger charge is -2.35. The number of benzene rings is 2. The molecule has 0 saturated carbocycles. The summed E-state index contributed by atoms with van der Waals surface area (Å²) in [6, 6.07) is 25.9. The molecule has 0 atom stereocenters. The summed E-state index contributed by atoms with van der Waals surface area (Å²) < 4.78 is 11.3. The van der Waals surface area contributed by atoms with E-state index in [1.807, 2.05) is 48.5 Å². The van der Waals surface area contributed by atoms with E-state index < -0.39 is 0 Å². The van der Waals surface area contributed by atoms with Crippen LogP contribution in [0.4, 0.5) is 5.82 Å². The van der Waals surface area contributed by atoms with E-state index in [1.165, 1.54) is 17.3 Å². The molecular weight excluding hydrogens is 546 g/mol. The summed E-state index contributed by atoms with van der Waals surface area (Å²) in [5.41, 5.74) is 3.14. The van der Waals surface area contributed by atoms with Crippen LogP contribution in [0.2, 0.25) is 0 Å². The number of anilines is 1. The third-order valence-electron chi connectivity index (χ3n) is 7.03. The van der Waals surface area contributed by atoms with Crippen LogP contribution in [0.3, 0.4) is 0 Å². The first-order valence-corrected chi connectivity index (χ1v) is 15.1. The second-order valence-corrected chi connectivity index (χ2v) is 11.2. The monoisotopic (exact) mass is 583 g/mol. The molecule has 2 aromatic heterocycles. The van der Waals surface area contributed by atoms with Crippen LogP contribution in [-0.2, 0) is 23.6 Å². The van der Waals surface area contributed by atoms with Gasteiger partial charge in [-0.25, -0.2) is 9.97 Å². The molecule has 8 nitrogen and oxygen atoms in total. The Morgan fingerprint density at radius 3 is 2.48 bits per heavy atom. The summed E-state index contributed by atoms with van der Waals surface area (Å²) in [5.74, 6) is 2.32. The van der Waals surface area contributed by atoms with Crippen molar-refractivity contribution in [3.05, 3.63) is 113 Å². The van der Waals surface area contributed by atoms with E-state index in [1.54, 1.807) is 25.1 Å². The van der Waals surface area contributed by atoms with Crippen molar-refractivity contribution >= 4 is 29.6 Å². The van der Waals surface area contributed by atoms with Crippen LogP contribution < -0.4 is 4.90 Å². The topological polar surface area (TPSA) is 74.9 Å². The zero-order chi connectivity index (χ0) is 29.1. The molecule has 0 bridgehead atoms. The van der Waals surface area contributed by atoms with Crippen LogP contribution in [0.5, 0.6) is 0 Å². The summed E-state index contributed by atoms with van der Waals surface area (Å²) in [4.78, 5) is 28.9. The number of aromatic nitrogens is 2. The third kappa shape index (κ3) is 8.31. The molecule has 1 saturated heterocycles. The number of rotatable bonds is 12. The average Bonchev–Trinajstić information content (AvgIpc) is 3.50. The lowest BCUT2D eigenvalue weighted by atomic mass is 10.2. The van der Waals surface area contributed by atoms with Crippen LogP contribution in [0, 0.1) is 0 Å². The van der Waals surface area contributed by atoms with E-state index in [0.717, 1.165) is 49.8 Å². The van der Waals surface area contributed by atoms with Gasteiger partial charge >= 0.3 is 0 Å². The van der Waals surface area contributed by atoms with Gasteiger partial charge in [0.2, 0.25) is 0 Å². The first-order valence-electron chi connectivity index (χ1n) is 14.1. The summed E-state index contributed by atoms with van der Waals surface area (Å²) >= 11 is 1.49. The SMILES string of the molecule is COCc1cc(N2CCN(CC=Cc3ccccc3)CC2)nc(SCc2ccc(C(=O)N(C)Cc3ccccc3)o2)n1. The fourth-order valence-electron chi connectivity index (χ4n) is 4.79. The fourth-order valence-corrected chi connectivity index (χ4v) is 5.56. The maximum atomic E-state index is 12.9. The highest BCUT2D eigenvalue weighted by molar-refractivity contribution is 7.98. The predicted molar refractivity (Wildman–Crippen MR) is 167 cm³/mol. The molecule has 1 fully saturated rings. The van der Waals surface area contributed by atoms with Gasteiger partial charge in [0.25, 0.3) is 5.91 Å². The van der Waals surface area contributed by atoms with Gasteiger partial charge < -0.3 is 19.0 Å². The van der Waals surface area contributed by atoms with E-state index in [-0.39, 0.29) is 5.91 Å². The molecule has 0 N–H and O–H groups in total. The second-order valence-electron chi connectivity index (χ2n) is 10.2. The standard InChI is InChI=1S/C33H37N5O3S/c1-36(23-27-12-7-4-8-13-27)32(39)30-16-15-29(41-30)25-42-33-34-28(24-40-2)22-31(35-33)38-20-18-37(19-21-38)17-9-14-26-10-5-3-6-11-26/h3-16,22H,17-21,23-25H2,1-2H3. The normalized spacial score (nSPS) is 14.0. The van der Waals surface area contributed by atoms with Gasteiger partial charge in [-0.15, -0.1) is 0 Å². The molecule has 0 unspecified atom stereocenters. The van der Waals surface area contributed by atoms with Gasteiger partial charge in [-0.3, -0.25) is 9.69 Å². The van der Waals surface area contributed by atoms with E-state index in [9.17, 15) is 4.79 Å². The van der Waals surface area contributed by atoms with Crippen LogP contribution in [-0.4, -0.2) is 72.6 Å². The van der Waals surface area contributed by atoms with Gasteiger partial charge in [0.05, 0.1) is 18.1 Å². The Morgan fingerprint density at radius 1 is 1.00 bits per heavy atom. The van der Waals surface area contributed by atoms with Crippen molar-refractivity contribution in [1.29, 1.82) is 0 Å². The van der Waals surface area contributed by atoms with Gasteiger partial charge in [-0.2, -0.15) is 0 Å². The van der Waals surface area contributed by atoms with E-state index >= 15 is 0 Å². The second kappa shape index (κ2) is 14.8. The zero-order valence-corrected chi connectivity index (χ0v) is 25.0. The molecule has 2 aromatic carbocycles. The van der Waals surface area contributed by atoms with Crippen molar-refractivity contribution in [3.8, 4) is 0 Å². The smallest absolute Gasteiger partial charge is 0.289 e. The number of amides is 1. The molecule has 1 aliphatic rings. The molecule has 42 heavy (non-hydrogen) atoms. The minimum Gasteiger partial charge on any atom is -0.455 e. The molecule has 0 aliphatic carbocycles. The van der Waals surface area contributed by atoms with Crippen LogP contribution >= 0.6 is 11.8 Å². The predicted octanol–water partition coefficient (Wildman–Crippen LogP) is 5.62. The van der Waals surface area contributed by atoms with E-state index in [0.29, 0.717) is 35.6 Å². The molecular formula is C33H37N5O3S. The molecule has 0 spiro atoms. The number of hydrogen-bond acceptors (Lipinski definition) is 8. The highest BCUT2D eigenvalue weighted by Crippen LogP contribution is 2.25. The number of furan rings is 1. The summed E-state index contributed by atoms with van der Waals surface area (Å²) in [5, 5.41) is 0.665. The summed E-state index contributed by atoms with van der Waals surface area (Å²) in [6.45, 7) is 5.59. The van der Waals surface area contributed by atoms with Crippen LogP contribution in [0.25, 0.3) is 6.08 Å². The largest absolute Gasteiger partial charge is 0.455 e. The Labute approximate surface area is 252 Å². The van der Waals surface area contributed by atoms with Crippen molar-refractivity contribution in [1.82, 2.24) is 19.8 Å². The Morgan fingerprint density at radius 2 is 1.74 bits per heavy atom. The molecule has 1 aliphatic heterocycles. The zero-order valence-electron chi connectivity index (χ0n) is 24.2. The van der Waals surface area contributed by atoms with E-state index in [2.05, 4.69) is 46.2 Å². The number of carbonyl (C=O) groups is 1. The summed E-state index contributed by atoms with van der Waals surface area (Å²) in [7, 11) is 3.46. The number of methoxy groups -OCH3 is 1. The van der Waals surface area contributed by atoms with Gasteiger partial charge in [0.15, 0.2) is 10.9 Å². The van der Waals surface area contributed by atoms with Gasteiger partial charge in [-0.1, -0.05) is 84.6 Å². The average molecular weight is 584 g/mol. The van der Waals surface area contributed by atoms with Crippen molar-refractivity contribution < 1.29 is 13.9 Å². The minimum atomic E-state index is -0.148. The van der Waals surface area contributed by atoms with Gasteiger partial charge in [0.1, 0.15) is 11.6 Å².